The Kier molecular flexibility index (Phi) is 8.33. The van der Waals surface area contributed by atoms with Gasteiger partial charge in [-0.1, -0.05) is 18.2 Å². The number of nitrogens with two attached hydrogens (primary N) is 1. The van der Waals surface area contributed by atoms with E-state index in [-0.39, 0.29) is 22.2 Å². The van der Waals surface area contributed by atoms with Gasteiger partial charge >= 0.3 is 5.97 Å². The molecule has 12 heteroatoms. The Morgan fingerprint density at radius 1 is 1.17 bits per heavy atom. The Morgan fingerprint density at radius 2 is 1.91 bits per heavy atom. The van der Waals surface area contributed by atoms with Crippen LogP contribution in [0.1, 0.15) is 10.4 Å². The van der Waals surface area contributed by atoms with Gasteiger partial charge in [-0.25, -0.2) is 13.2 Å². The predicted octanol–water partition coefficient (Wildman–Crippen LogP) is 3.60. The number of amidine groups is 1. The molecule has 0 radical (unpaired) electrons. The van der Waals surface area contributed by atoms with E-state index in [1.165, 1.54) is 35.2 Å². The smallest absolute Gasteiger partial charge is 0.329 e. The number of ether oxygens (including phenoxy) is 1. The van der Waals surface area contributed by atoms with Crippen molar-refractivity contribution in [2.24, 2.45) is 5.73 Å². The maximum absolute atomic E-state index is 13.4. The normalized spacial score (nSPS) is 11.3. The summed E-state index contributed by atoms with van der Waals surface area (Å²) >= 11 is 2.45. The van der Waals surface area contributed by atoms with Gasteiger partial charge in [0.2, 0.25) is 15.7 Å². The molecule has 35 heavy (non-hydrogen) atoms. The molecule has 0 aliphatic carbocycles. The van der Waals surface area contributed by atoms with E-state index >= 15 is 0 Å². The molecular weight excluding hydrogens is 510 g/mol. The molecule has 3 aromatic rings. The van der Waals surface area contributed by atoms with Crippen molar-refractivity contribution in [3.05, 3.63) is 59.0 Å². The van der Waals surface area contributed by atoms with E-state index in [1.807, 2.05) is 6.92 Å². The average molecular weight is 534 g/mol. The first kappa shape index (κ1) is 26.4. The molecule has 3 rings (SSSR count). The number of hydrogen-bond acceptors (Lipinski definition) is 8. The number of rotatable bonds is 10. The molecule has 0 saturated heterocycles. The molecule has 184 valence electrons. The topological polar surface area (TPSA) is 160 Å². The maximum atomic E-state index is 13.4. The SMILES string of the molecule is CSc1sc(C(=N)N)cc1S(=O)(=O)c1cccc(-c2ccc(NC(=O)COCC(=O)O)cc2C)c1. The number of aryl methyl sites for hydroxylation is 1. The number of nitrogen functional groups attached to an aromatic ring is 1. The van der Waals surface area contributed by atoms with Crippen molar-refractivity contribution in [2.45, 2.75) is 20.9 Å². The van der Waals surface area contributed by atoms with Crippen molar-refractivity contribution < 1.29 is 27.9 Å². The molecule has 0 unspecified atom stereocenters. The number of sulfone groups is 1. The van der Waals surface area contributed by atoms with Crippen LogP contribution in [0, 0.1) is 12.3 Å². The Balaban J connectivity index is 1.87. The van der Waals surface area contributed by atoms with Crippen LogP contribution < -0.4 is 11.1 Å². The summed E-state index contributed by atoms with van der Waals surface area (Å²) in [7, 11) is -3.85. The van der Waals surface area contributed by atoms with E-state index in [0.717, 1.165) is 11.1 Å². The van der Waals surface area contributed by atoms with Crippen LogP contribution in [-0.2, 0) is 24.2 Å². The summed E-state index contributed by atoms with van der Waals surface area (Å²) in [6.45, 7) is 0.875. The van der Waals surface area contributed by atoms with Crippen molar-refractivity contribution in [1.29, 1.82) is 5.41 Å². The third kappa shape index (κ3) is 6.28. The second-order valence-corrected chi connectivity index (χ2v) is 11.4. The lowest BCUT2D eigenvalue weighted by molar-refractivity contribution is -0.143. The lowest BCUT2D eigenvalue weighted by atomic mass is 10.00. The van der Waals surface area contributed by atoms with Gasteiger partial charge in [0.1, 0.15) is 19.0 Å². The summed E-state index contributed by atoms with van der Waals surface area (Å²) in [6, 6.07) is 13.2. The van der Waals surface area contributed by atoms with E-state index in [4.69, 9.17) is 21.0 Å². The standard InChI is InChI=1S/C23H23N3O6S3/c1-13-8-15(26-20(27)11-32-12-21(28)29)6-7-17(13)14-4-3-5-16(9-14)35(30,31)19-10-18(22(24)25)34-23(19)33-2/h3-10H,11-12H2,1-2H3,(H3,24,25)(H,26,27)(H,28,29). The molecule has 2 aromatic carbocycles. The van der Waals surface area contributed by atoms with Crippen LogP contribution in [0.5, 0.6) is 0 Å². The number of carbonyl (C=O) groups excluding carboxylic acids is 1. The highest BCUT2D eigenvalue weighted by molar-refractivity contribution is 8.01. The summed E-state index contributed by atoms with van der Waals surface area (Å²) in [6.07, 6.45) is 1.77. The highest BCUT2D eigenvalue weighted by atomic mass is 32.2. The molecule has 0 atom stereocenters. The first-order valence-corrected chi connectivity index (χ1v) is 13.6. The highest BCUT2D eigenvalue weighted by Gasteiger charge is 2.25. The molecule has 1 amide bonds. The minimum absolute atomic E-state index is 0.116. The fourth-order valence-electron chi connectivity index (χ4n) is 3.27. The Morgan fingerprint density at radius 3 is 2.54 bits per heavy atom. The van der Waals surface area contributed by atoms with Gasteiger partial charge in [0.05, 0.1) is 18.9 Å². The third-order valence-electron chi connectivity index (χ3n) is 4.83. The summed E-state index contributed by atoms with van der Waals surface area (Å²) < 4.78 is 32.2. The van der Waals surface area contributed by atoms with Crippen LogP contribution in [0.3, 0.4) is 0 Å². The molecular formula is C23H23N3O6S3. The fourth-order valence-corrected chi connectivity index (χ4v) is 7.17. The van der Waals surface area contributed by atoms with Crippen molar-refractivity contribution >= 4 is 56.3 Å². The van der Waals surface area contributed by atoms with E-state index in [1.54, 1.807) is 42.7 Å². The summed E-state index contributed by atoms with van der Waals surface area (Å²) in [5.41, 5.74) is 8.31. The summed E-state index contributed by atoms with van der Waals surface area (Å²) in [4.78, 5) is 23.0. The van der Waals surface area contributed by atoms with Gasteiger partial charge in [-0.2, -0.15) is 0 Å². The van der Waals surface area contributed by atoms with Gasteiger partial charge in [0, 0.05) is 5.69 Å². The van der Waals surface area contributed by atoms with Crippen molar-refractivity contribution in [1.82, 2.24) is 0 Å². The number of thiophene rings is 1. The first-order chi connectivity index (χ1) is 16.5. The second-order valence-electron chi connectivity index (χ2n) is 7.38. The quantitative estimate of drug-likeness (QED) is 0.175. The first-order valence-electron chi connectivity index (χ1n) is 10.1. The maximum Gasteiger partial charge on any atom is 0.329 e. The number of benzene rings is 2. The van der Waals surface area contributed by atoms with Gasteiger partial charge in [-0.15, -0.1) is 23.1 Å². The van der Waals surface area contributed by atoms with E-state index in [9.17, 15) is 18.0 Å². The summed E-state index contributed by atoms with van der Waals surface area (Å²) in [5.74, 6) is -1.83. The number of anilines is 1. The Bertz CT molecular complexity index is 1400. The van der Waals surface area contributed by atoms with Gasteiger partial charge in [0.15, 0.2) is 0 Å². The number of thioether (sulfide) groups is 1. The lowest BCUT2D eigenvalue weighted by Gasteiger charge is -2.12. The molecule has 5 N–H and O–H groups in total. The summed E-state index contributed by atoms with van der Waals surface area (Å²) in [5, 5.41) is 18.8. The molecule has 0 saturated carbocycles. The van der Waals surface area contributed by atoms with Crippen molar-refractivity contribution in [3.8, 4) is 11.1 Å². The zero-order valence-electron chi connectivity index (χ0n) is 18.8. The number of amides is 1. The number of carbonyl (C=O) groups is 2. The van der Waals surface area contributed by atoms with Crippen LogP contribution in [0.2, 0.25) is 0 Å². The largest absolute Gasteiger partial charge is 0.480 e. The lowest BCUT2D eigenvalue weighted by Crippen LogP contribution is -2.20. The van der Waals surface area contributed by atoms with Crippen LogP contribution >= 0.6 is 23.1 Å². The van der Waals surface area contributed by atoms with E-state index < -0.39 is 28.3 Å². The van der Waals surface area contributed by atoms with Crippen molar-refractivity contribution in [2.75, 3.05) is 24.8 Å². The van der Waals surface area contributed by atoms with Crippen LogP contribution in [0.25, 0.3) is 11.1 Å². The Labute approximate surface area is 210 Å². The predicted molar refractivity (Wildman–Crippen MR) is 136 cm³/mol. The number of carboxylic acids is 1. The second kappa shape index (κ2) is 11.0. The van der Waals surface area contributed by atoms with Gasteiger partial charge in [-0.05, 0) is 60.2 Å². The monoisotopic (exact) mass is 533 g/mol. The minimum Gasteiger partial charge on any atom is -0.480 e. The van der Waals surface area contributed by atoms with Crippen LogP contribution in [-0.4, -0.2) is 50.7 Å². The van der Waals surface area contributed by atoms with Gasteiger partial charge in [0.25, 0.3) is 0 Å². The molecule has 0 spiro atoms. The molecule has 0 bridgehead atoms. The molecule has 9 nitrogen and oxygen atoms in total. The molecule has 0 fully saturated rings. The third-order valence-corrected chi connectivity index (χ3v) is 9.17. The molecule has 1 aromatic heterocycles. The average Bonchev–Trinajstić information content (AvgIpc) is 3.25. The zero-order valence-corrected chi connectivity index (χ0v) is 21.3. The zero-order chi connectivity index (χ0) is 25.8. The van der Waals surface area contributed by atoms with Crippen molar-refractivity contribution in [3.63, 3.8) is 0 Å². The number of hydrogen-bond donors (Lipinski definition) is 4. The van der Waals surface area contributed by atoms with Crippen LogP contribution in [0.15, 0.2) is 62.5 Å². The Hall–Kier alpha value is -3.19. The van der Waals surface area contributed by atoms with Gasteiger partial charge in [-0.3, -0.25) is 10.2 Å². The fraction of sp³-hybridized carbons (Fsp3) is 0.174. The van der Waals surface area contributed by atoms with E-state index in [0.29, 0.717) is 20.3 Å². The molecule has 0 aliphatic rings. The minimum atomic E-state index is -3.85. The molecule has 1 heterocycles. The van der Waals surface area contributed by atoms with Crippen LogP contribution in [0.4, 0.5) is 5.69 Å². The molecule has 0 aliphatic heterocycles. The number of nitrogens with one attached hydrogen (secondary N) is 2. The van der Waals surface area contributed by atoms with E-state index in [2.05, 4.69) is 5.32 Å². The van der Waals surface area contributed by atoms with Gasteiger partial charge < -0.3 is 20.9 Å². The number of carboxylic acid groups (broad SMARTS) is 1. The highest BCUT2D eigenvalue weighted by Crippen LogP contribution is 2.38. The number of aliphatic carboxylic acids is 1.